The van der Waals surface area contributed by atoms with E-state index in [1.54, 1.807) is 11.2 Å². The molecule has 3 saturated carbocycles. The molecule has 1 amide bonds. The maximum absolute atomic E-state index is 13.5. The lowest BCUT2D eigenvalue weighted by Crippen LogP contribution is -2.65. The topological polar surface area (TPSA) is 92.1 Å². The van der Waals surface area contributed by atoms with Crippen LogP contribution in [0.4, 0.5) is 0 Å². The summed E-state index contributed by atoms with van der Waals surface area (Å²) in [7, 11) is -0.255. The second-order valence-electron chi connectivity index (χ2n) is 15.5. The van der Waals surface area contributed by atoms with Crippen LogP contribution in [0.15, 0.2) is 24.7 Å². The summed E-state index contributed by atoms with van der Waals surface area (Å²) in [5.74, 6) is 1.36. The molecular formula is C35H50BN3O6. The van der Waals surface area contributed by atoms with Crippen molar-refractivity contribution in [2.75, 3.05) is 13.1 Å². The van der Waals surface area contributed by atoms with E-state index in [0.29, 0.717) is 48.1 Å². The number of ether oxygens (including phenoxy) is 2. The molecule has 1 aromatic carbocycles. The second-order valence-corrected chi connectivity index (χ2v) is 15.5. The van der Waals surface area contributed by atoms with E-state index in [1.807, 2.05) is 50.6 Å². The van der Waals surface area contributed by atoms with Gasteiger partial charge in [0.05, 0.1) is 36.8 Å². The van der Waals surface area contributed by atoms with Crippen molar-refractivity contribution in [2.24, 2.45) is 17.3 Å². The average molecular weight is 620 g/mol. The molecule has 2 aliphatic heterocycles. The number of amides is 1. The van der Waals surface area contributed by atoms with Crippen molar-refractivity contribution < 1.29 is 28.4 Å². The van der Waals surface area contributed by atoms with E-state index < -0.39 is 11.6 Å². The highest BCUT2D eigenvalue weighted by atomic mass is 16.7. The third-order valence-electron chi connectivity index (χ3n) is 10.8. The van der Waals surface area contributed by atoms with Crippen LogP contribution in [0.3, 0.4) is 0 Å². The van der Waals surface area contributed by atoms with E-state index in [-0.39, 0.29) is 37.4 Å². The molecule has 0 unspecified atom stereocenters. The molecule has 5 aliphatic rings. The number of esters is 1. The first kappa shape index (κ1) is 32.1. The summed E-state index contributed by atoms with van der Waals surface area (Å²) in [6, 6.07) is 3.92. The molecule has 5 fully saturated rings. The number of aromatic nitrogens is 2. The Morgan fingerprint density at radius 1 is 1.13 bits per heavy atom. The Hall–Kier alpha value is -2.85. The molecule has 2 bridgehead atoms. The van der Waals surface area contributed by atoms with Gasteiger partial charge in [0, 0.05) is 6.20 Å². The molecule has 10 heteroatoms. The van der Waals surface area contributed by atoms with Gasteiger partial charge in [-0.3, -0.25) is 4.79 Å². The van der Waals surface area contributed by atoms with Gasteiger partial charge in [-0.25, -0.2) is 9.78 Å². The Kier molecular flexibility index (Phi) is 8.38. The number of rotatable bonds is 10. The number of likely N-dealkylation sites (tertiary alicyclic amines) is 1. The van der Waals surface area contributed by atoms with Crippen molar-refractivity contribution in [2.45, 2.75) is 124 Å². The zero-order valence-electron chi connectivity index (χ0n) is 28.4. The molecule has 244 valence electrons. The fourth-order valence-corrected chi connectivity index (χ4v) is 8.06. The minimum absolute atomic E-state index is 0.0278. The second kappa shape index (κ2) is 11.7. The maximum Gasteiger partial charge on any atom is 0.457 e. The van der Waals surface area contributed by atoms with Gasteiger partial charge in [0.1, 0.15) is 29.6 Å². The van der Waals surface area contributed by atoms with E-state index in [0.717, 1.165) is 42.4 Å². The minimum Gasteiger partial charge on any atom is -0.486 e. The van der Waals surface area contributed by atoms with Crippen LogP contribution in [-0.2, 0) is 38.2 Å². The van der Waals surface area contributed by atoms with Crippen molar-refractivity contribution in [3.63, 3.8) is 0 Å². The summed E-state index contributed by atoms with van der Waals surface area (Å²) in [5.41, 5.74) is 2.78. The summed E-state index contributed by atoms with van der Waals surface area (Å²) in [5, 5.41) is 0. The Balaban J connectivity index is 1.10. The largest absolute Gasteiger partial charge is 0.486 e. The molecule has 3 aliphatic carbocycles. The van der Waals surface area contributed by atoms with Gasteiger partial charge in [0.25, 0.3) is 0 Å². The van der Waals surface area contributed by atoms with Gasteiger partial charge < -0.3 is 28.2 Å². The van der Waals surface area contributed by atoms with Crippen molar-refractivity contribution in [1.82, 2.24) is 14.5 Å². The summed E-state index contributed by atoms with van der Waals surface area (Å²) < 4.78 is 27.1. The number of benzene rings is 1. The normalized spacial score (nSPS) is 27.1. The third kappa shape index (κ3) is 6.17. The summed E-state index contributed by atoms with van der Waals surface area (Å²) in [6.07, 6.45) is 9.27. The van der Waals surface area contributed by atoms with Crippen molar-refractivity contribution >= 4 is 19.0 Å². The molecule has 0 spiro atoms. The van der Waals surface area contributed by atoms with Gasteiger partial charge in [0.15, 0.2) is 0 Å². The van der Waals surface area contributed by atoms with Gasteiger partial charge in [-0.1, -0.05) is 33.3 Å². The lowest BCUT2D eigenvalue weighted by molar-refractivity contribution is -0.199. The number of aryl methyl sites for hydroxylation is 2. The lowest BCUT2D eigenvalue weighted by atomic mass is 9.43. The van der Waals surface area contributed by atoms with Crippen LogP contribution in [0.5, 0.6) is 5.75 Å². The van der Waals surface area contributed by atoms with E-state index >= 15 is 0 Å². The monoisotopic (exact) mass is 619 g/mol. The lowest BCUT2D eigenvalue weighted by Gasteiger charge is -2.64. The van der Waals surface area contributed by atoms with Crippen molar-refractivity contribution in [3.8, 4) is 5.75 Å². The van der Waals surface area contributed by atoms with Crippen LogP contribution in [0.25, 0.3) is 0 Å². The van der Waals surface area contributed by atoms with Crippen LogP contribution >= 0.6 is 0 Å². The molecule has 0 radical (unpaired) electrons. The molecule has 2 aromatic rings. The van der Waals surface area contributed by atoms with Crippen LogP contribution in [0, 0.1) is 24.2 Å². The highest BCUT2D eigenvalue weighted by molar-refractivity contribution is 6.45. The van der Waals surface area contributed by atoms with Gasteiger partial charge in [-0.15, -0.1) is 0 Å². The third-order valence-corrected chi connectivity index (χ3v) is 10.8. The van der Waals surface area contributed by atoms with Crippen molar-refractivity contribution in [3.05, 3.63) is 47.0 Å². The van der Waals surface area contributed by atoms with Gasteiger partial charge in [-0.2, -0.15) is 0 Å². The summed E-state index contributed by atoms with van der Waals surface area (Å²) in [6.45, 7) is 17.9. The van der Waals surface area contributed by atoms with Gasteiger partial charge >= 0.3 is 13.1 Å². The molecule has 7 rings (SSSR count). The number of carbonyl (C=O) groups excluding carboxylic acids is 2. The van der Waals surface area contributed by atoms with E-state index in [4.69, 9.17) is 18.8 Å². The average Bonchev–Trinajstić information content (AvgIpc) is 3.51. The Labute approximate surface area is 268 Å². The number of imidazole rings is 1. The Morgan fingerprint density at radius 3 is 2.58 bits per heavy atom. The zero-order chi connectivity index (χ0) is 32.3. The van der Waals surface area contributed by atoms with Crippen molar-refractivity contribution in [1.29, 1.82) is 0 Å². The van der Waals surface area contributed by atoms with Gasteiger partial charge in [-0.05, 0) is 101 Å². The predicted octanol–water partition coefficient (Wildman–Crippen LogP) is 5.66. The molecule has 2 saturated heterocycles. The molecule has 0 N–H and O–H groups in total. The maximum atomic E-state index is 13.5. The first-order chi connectivity index (χ1) is 21.2. The van der Waals surface area contributed by atoms with Crippen LogP contribution in [-0.4, -0.2) is 69.9 Å². The SMILES string of the molecule is CCCc1cn(CC(=O)N2CC(Oc3ccc(CCB4O[C@@H]5C[C@@H]6C[C@@H](C6(C)C)[C@]5(C)O4)c(C)c3C(=O)OC(C)(C)C)C2)cn1. The van der Waals surface area contributed by atoms with Crippen LogP contribution in [0.1, 0.15) is 94.9 Å². The zero-order valence-corrected chi connectivity index (χ0v) is 28.4. The quantitative estimate of drug-likeness (QED) is 0.250. The first-order valence-corrected chi connectivity index (χ1v) is 16.8. The number of hydrogen-bond donors (Lipinski definition) is 0. The van der Waals surface area contributed by atoms with Crippen LogP contribution < -0.4 is 4.74 Å². The fourth-order valence-electron chi connectivity index (χ4n) is 8.06. The molecule has 9 nitrogen and oxygen atoms in total. The fraction of sp³-hybridized carbons (Fsp3) is 0.686. The van der Waals surface area contributed by atoms with Gasteiger partial charge in [0.2, 0.25) is 5.91 Å². The summed E-state index contributed by atoms with van der Waals surface area (Å²) >= 11 is 0. The number of nitrogens with zero attached hydrogens (tertiary/aromatic N) is 3. The van der Waals surface area contributed by atoms with E-state index in [1.165, 1.54) is 6.42 Å². The van der Waals surface area contributed by atoms with E-state index in [2.05, 4.69) is 32.7 Å². The van der Waals surface area contributed by atoms with Crippen LogP contribution in [0.2, 0.25) is 6.32 Å². The minimum atomic E-state index is -0.646. The number of hydrogen-bond acceptors (Lipinski definition) is 7. The summed E-state index contributed by atoms with van der Waals surface area (Å²) in [4.78, 5) is 32.5. The Bertz CT molecular complexity index is 1440. The first-order valence-electron chi connectivity index (χ1n) is 16.8. The molecular weight excluding hydrogens is 569 g/mol. The Morgan fingerprint density at radius 2 is 1.89 bits per heavy atom. The highest BCUT2D eigenvalue weighted by Gasteiger charge is 2.67. The smallest absolute Gasteiger partial charge is 0.457 e. The molecule has 3 heterocycles. The molecule has 45 heavy (non-hydrogen) atoms. The van der Waals surface area contributed by atoms with E-state index in [9.17, 15) is 9.59 Å². The predicted molar refractivity (Wildman–Crippen MR) is 172 cm³/mol. The molecule has 4 atom stereocenters. The molecule has 1 aromatic heterocycles. The highest BCUT2D eigenvalue weighted by Crippen LogP contribution is 2.65. The standard InChI is InChI=1S/C35H50BN3O6/c1-9-10-25-17-38(21-37-25)20-30(40)39-18-26(19-39)42-27-12-11-23(22(2)31(27)32(41)43-33(3,4)5)13-14-36-44-29-16-24-15-28(34(24,6)7)35(29,8)45-36/h11-12,17,21,24,26,28-29H,9-10,13-16,18-20H2,1-8H3/t24-,28-,29+,35-/m0/s1. The number of carbonyl (C=O) groups is 2.